The number of nitrogens with one attached hydrogen (secondary N) is 1. The van der Waals surface area contributed by atoms with Crippen molar-refractivity contribution in [3.05, 3.63) is 72.3 Å². The molecule has 4 rings (SSSR count). The van der Waals surface area contributed by atoms with E-state index in [-0.39, 0.29) is 17.7 Å². The van der Waals surface area contributed by atoms with E-state index in [1.807, 2.05) is 35.4 Å². The molecule has 160 valence electrons. The van der Waals surface area contributed by atoms with E-state index in [0.717, 1.165) is 23.1 Å². The number of carbonyl (C=O) groups excluding carboxylic acids is 2. The van der Waals surface area contributed by atoms with E-state index in [4.69, 9.17) is 0 Å². The third-order valence-corrected chi connectivity index (χ3v) is 5.71. The molecule has 2 amide bonds. The first kappa shape index (κ1) is 20.8. The third kappa shape index (κ3) is 4.66. The molecule has 3 aromatic rings. The van der Waals surface area contributed by atoms with Crippen molar-refractivity contribution in [2.45, 2.75) is 19.8 Å². The van der Waals surface area contributed by atoms with Crippen molar-refractivity contribution >= 4 is 11.8 Å². The van der Waals surface area contributed by atoms with Gasteiger partial charge in [0.2, 0.25) is 5.91 Å². The zero-order valence-electron chi connectivity index (χ0n) is 17.7. The Balaban J connectivity index is 1.63. The molecule has 1 aliphatic rings. The Labute approximate surface area is 182 Å². The number of aromatic amines is 1. The Bertz CT molecular complexity index is 1020. The van der Waals surface area contributed by atoms with Gasteiger partial charge in [-0.05, 0) is 36.1 Å². The summed E-state index contributed by atoms with van der Waals surface area (Å²) in [6.07, 6.45) is 6.62. The fourth-order valence-corrected chi connectivity index (χ4v) is 4.19. The van der Waals surface area contributed by atoms with Crippen LogP contribution in [0.15, 0.2) is 61.1 Å². The molecule has 0 spiro atoms. The number of rotatable bonds is 6. The molecule has 0 unspecified atom stereocenters. The van der Waals surface area contributed by atoms with E-state index in [9.17, 15) is 9.59 Å². The average Bonchev–Trinajstić information content (AvgIpc) is 3.30. The predicted octanol–water partition coefficient (Wildman–Crippen LogP) is 3.03. The highest BCUT2D eigenvalue weighted by molar-refractivity contribution is 5.93. The molecule has 2 aromatic heterocycles. The standard InChI is InChI=1S/C24H27N5O2/c1-2-12-28-13-14-29(24(31)22-9-11-26-27-22)17-20(23(28)30)15-18-6-3-4-8-21(18)19-7-5-10-25-16-19/h3-11,16,20H,2,12-15,17H2,1H3,(H,26,27)/t20-/m1/s1. The van der Waals surface area contributed by atoms with Gasteiger partial charge in [-0.1, -0.05) is 37.3 Å². The topological polar surface area (TPSA) is 82.2 Å². The van der Waals surface area contributed by atoms with Crippen molar-refractivity contribution in [2.75, 3.05) is 26.2 Å². The lowest BCUT2D eigenvalue weighted by molar-refractivity contribution is -0.134. The number of amides is 2. The second-order valence-corrected chi connectivity index (χ2v) is 7.85. The molecular weight excluding hydrogens is 390 g/mol. The van der Waals surface area contributed by atoms with Gasteiger partial charge in [0.15, 0.2) is 0 Å². The molecule has 1 aromatic carbocycles. The SMILES string of the molecule is CCCN1CCN(C(=O)c2ccn[nH]2)C[C@@H](Cc2ccccc2-c2cccnc2)C1=O. The van der Waals surface area contributed by atoms with Gasteiger partial charge < -0.3 is 9.80 Å². The van der Waals surface area contributed by atoms with Gasteiger partial charge in [-0.15, -0.1) is 0 Å². The Morgan fingerprint density at radius 2 is 2.00 bits per heavy atom. The number of aromatic nitrogens is 3. The molecule has 0 saturated carbocycles. The number of nitrogens with zero attached hydrogens (tertiary/aromatic N) is 4. The number of hydrogen-bond acceptors (Lipinski definition) is 4. The predicted molar refractivity (Wildman–Crippen MR) is 118 cm³/mol. The molecule has 1 saturated heterocycles. The van der Waals surface area contributed by atoms with Gasteiger partial charge in [0.25, 0.3) is 5.91 Å². The lowest BCUT2D eigenvalue weighted by atomic mass is 9.91. The van der Waals surface area contributed by atoms with Crippen LogP contribution in [0, 0.1) is 5.92 Å². The maximum absolute atomic E-state index is 13.4. The van der Waals surface area contributed by atoms with Gasteiger partial charge in [0, 0.05) is 50.3 Å². The van der Waals surface area contributed by atoms with Gasteiger partial charge >= 0.3 is 0 Å². The number of carbonyl (C=O) groups is 2. The smallest absolute Gasteiger partial charge is 0.271 e. The summed E-state index contributed by atoms with van der Waals surface area (Å²) in [6, 6.07) is 13.7. The van der Waals surface area contributed by atoms with Crippen LogP contribution in [-0.4, -0.2) is 63.0 Å². The lowest BCUT2D eigenvalue weighted by Gasteiger charge is -2.24. The number of hydrogen-bond donors (Lipinski definition) is 1. The molecule has 1 atom stereocenters. The van der Waals surface area contributed by atoms with Crippen LogP contribution in [0.2, 0.25) is 0 Å². The Morgan fingerprint density at radius 1 is 1.13 bits per heavy atom. The third-order valence-electron chi connectivity index (χ3n) is 5.71. The van der Waals surface area contributed by atoms with Crippen LogP contribution in [0.3, 0.4) is 0 Å². The Morgan fingerprint density at radius 3 is 2.74 bits per heavy atom. The molecule has 0 aliphatic carbocycles. The number of benzene rings is 1. The highest BCUT2D eigenvalue weighted by atomic mass is 16.2. The highest BCUT2D eigenvalue weighted by Gasteiger charge is 2.33. The van der Waals surface area contributed by atoms with Crippen molar-refractivity contribution < 1.29 is 9.59 Å². The van der Waals surface area contributed by atoms with Crippen molar-refractivity contribution in [2.24, 2.45) is 5.92 Å². The molecule has 0 radical (unpaired) electrons. The van der Waals surface area contributed by atoms with Crippen molar-refractivity contribution in [1.29, 1.82) is 0 Å². The Hall–Kier alpha value is -3.48. The summed E-state index contributed by atoms with van der Waals surface area (Å²) in [5.41, 5.74) is 3.63. The quantitative estimate of drug-likeness (QED) is 0.668. The highest BCUT2D eigenvalue weighted by Crippen LogP contribution is 2.27. The van der Waals surface area contributed by atoms with Gasteiger partial charge in [-0.2, -0.15) is 5.10 Å². The molecule has 7 heteroatoms. The summed E-state index contributed by atoms with van der Waals surface area (Å²) in [5, 5.41) is 6.65. The van der Waals surface area contributed by atoms with Gasteiger partial charge in [-0.25, -0.2) is 0 Å². The van der Waals surface area contributed by atoms with Crippen molar-refractivity contribution in [3.63, 3.8) is 0 Å². The molecule has 0 bridgehead atoms. The first-order chi connectivity index (χ1) is 15.2. The summed E-state index contributed by atoms with van der Waals surface area (Å²) in [5.74, 6) is -0.310. The summed E-state index contributed by atoms with van der Waals surface area (Å²) in [4.78, 5) is 34.3. The Kier molecular flexibility index (Phi) is 6.40. The summed E-state index contributed by atoms with van der Waals surface area (Å²) < 4.78 is 0. The van der Waals surface area contributed by atoms with Gasteiger partial charge in [0.1, 0.15) is 5.69 Å². The fraction of sp³-hybridized carbons (Fsp3) is 0.333. The van der Waals surface area contributed by atoms with Crippen molar-refractivity contribution in [3.8, 4) is 11.1 Å². The van der Waals surface area contributed by atoms with Gasteiger partial charge in [0.05, 0.1) is 5.92 Å². The normalized spacial score (nSPS) is 16.9. The molecule has 1 N–H and O–H groups in total. The minimum atomic E-state index is -0.307. The minimum absolute atomic E-state index is 0.114. The van der Waals surface area contributed by atoms with E-state index < -0.39 is 0 Å². The summed E-state index contributed by atoms with van der Waals surface area (Å²) in [7, 11) is 0. The number of pyridine rings is 1. The van der Waals surface area contributed by atoms with Crippen LogP contribution in [0.1, 0.15) is 29.4 Å². The van der Waals surface area contributed by atoms with Crippen LogP contribution in [0.25, 0.3) is 11.1 Å². The average molecular weight is 418 g/mol. The first-order valence-corrected chi connectivity index (χ1v) is 10.7. The molecule has 31 heavy (non-hydrogen) atoms. The molecule has 7 nitrogen and oxygen atoms in total. The monoisotopic (exact) mass is 417 g/mol. The molecular formula is C24H27N5O2. The second kappa shape index (κ2) is 9.55. The summed E-state index contributed by atoms with van der Waals surface area (Å²) in [6.45, 7) is 4.22. The van der Waals surface area contributed by atoms with Gasteiger partial charge in [-0.3, -0.25) is 19.7 Å². The molecule has 1 aliphatic heterocycles. The maximum Gasteiger partial charge on any atom is 0.271 e. The van der Waals surface area contributed by atoms with E-state index in [1.165, 1.54) is 0 Å². The van der Waals surface area contributed by atoms with E-state index in [0.29, 0.717) is 38.3 Å². The first-order valence-electron chi connectivity index (χ1n) is 10.7. The van der Waals surface area contributed by atoms with Crippen LogP contribution >= 0.6 is 0 Å². The number of H-pyrrole nitrogens is 1. The second-order valence-electron chi connectivity index (χ2n) is 7.85. The van der Waals surface area contributed by atoms with Crippen LogP contribution in [0.5, 0.6) is 0 Å². The minimum Gasteiger partial charge on any atom is -0.341 e. The maximum atomic E-state index is 13.4. The lowest BCUT2D eigenvalue weighted by Crippen LogP contribution is -2.38. The zero-order chi connectivity index (χ0) is 21.6. The van der Waals surface area contributed by atoms with Crippen LogP contribution in [0.4, 0.5) is 0 Å². The largest absolute Gasteiger partial charge is 0.341 e. The molecule has 1 fully saturated rings. The van der Waals surface area contributed by atoms with Crippen molar-refractivity contribution in [1.82, 2.24) is 25.0 Å². The van der Waals surface area contributed by atoms with E-state index in [1.54, 1.807) is 23.4 Å². The van der Waals surface area contributed by atoms with E-state index >= 15 is 0 Å². The zero-order valence-corrected chi connectivity index (χ0v) is 17.7. The summed E-state index contributed by atoms with van der Waals surface area (Å²) >= 11 is 0. The fourth-order valence-electron chi connectivity index (χ4n) is 4.19. The van der Waals surface area contributed by atoms with E-state index in [2.05, 4.69) is 34.2 Å². The van der Waals surface area contributed by atoms with Crippen LogP contribution < -0.4 is 0 Å². The molecule has 3 heterocycles. The van der Waals surface area contributed by atoms with Crippen LogP contribution in [-0.2, 0) is 11.2 Å².